The van der Waals surface area contributed by atoms with Gasteiger partial charge in [-0.3, -0.25) is 39.8 Å². The first-order chi connectivity index (χ1) is 55.5. The zero-order valence-corrected chi connectivity index (χ0v) is 61.3. The number of hydrogen-bond donors (Lipinski definition) is 0. The van der Waals surface area contributed by atoms with Crippen LogP contribution in [0.3, 0.4) is 0 Å². The highest BCUT2D eigenvalue weighted by Gasteiger charge is 2.42. The second-order valence-electron chi connectivity index (χ2n) is 31.6. The third kappa shape index (κ3) is 9.05. The van der Waals surface area contributed by atoms with Gasteiger partial charge in [-0.25, -0.2) is 4.98 Å². The van der Waals surface area contributed by atoms with Gasteiger partial charge in [0, 0.05) is 126 Å². The minimum absolute atomic E-state index is 0.889. The van der Waals surface area contributed by atoms with Gasteiger partial charge in [0.15, 0.2) is 0 Å². The van der Waals surface area contributed by atoms with Crippen LogP contribution in [0.1, 0.15) is 134 Å². The van der Waals surface area contributed by atoms with Crippen LogP contribution in [0.4, 0.5) is 68.4 Å². The summed E-state index contributed by atoms with van der Waals surface area (Å²) in [6.07, 6.45) is 37.0. The Bertz CT molecular complexity index is 5990. The largest absolute Gasteiger partial charge is 0.309 e. The molecule has 528 valence electrons. The molecular formula is C100H68N12. The van der Waals surface area contributed by atoms with Crippen LogP contribution in [0.2, 0.25) is 0 Å². The van der Waals surface area contributed by atoms with E-state index in [2.05, 4.69) is 220 Å². The monoisotopic (exact) mass is 1440 g/mol. The number of fused-ring (bicyclic) bond motifs is 32. The lowest BCUT2D eigenvalue weighted by molar-refractivity contribution is 0.936. The number of pyridine rings is 8. The van der Waals surface area contributed by atoms with Gasteiger partial charge in [0.1, 0.15) is 5.82 Å². The normalized spacial score (nSPS) is 14.6. The van der Waals surface area contributed by atoms with Crippen LogP contribution >= 0.6 is 0 Å². The first kappa shape index (κ1) is 62.1. The molecule has 112 heavy (non-hydrogen) atoms. The van der Waals surface area contributed by atoms with Crippen LogP contribution in [-0.2, 0) is 77.0 Å². The van der Waals surface area contributed by atoms with Crippen LogP contribution in [0.15, 0.2) is 269 Å². The minimum Gasteiger partial charge on any atom is -0.309 e. The van der Waals surface area contributed by atoms with E-state index in [1.54, 1.807) is 0 Å². The molecule has 12 heteroatoms. The summed E-state index contributed by atoms with van der Waals surface area (Å²) in [5, 5.41) is 0. The van der Waals surface area contributed by atoms with Crippen molar-refractivity contribution in [1.82, 2.24) is 39.9 Å². The van der Waals surface area contributed by atoms with Crippen molar-refractivity contribution in [3.63, 3.8) is 0 Å². The third-order valence-electron chi connectivity index (χ3n) is 25.8. The van der Waals surface area contributed by atoms with E-state index in [1.807, 2.05) is 92.7 Å². The highest BCUT2D eigenvalue weighted by atomic mass is 15.2. The molecule has 0 fully saturated rings. The Labute approximate surface area is 647 Å². The molecule has 0 bridgehead atoms. The van der Waals surface area contributed by atoms with E-state index >= 15 is 0 Å². The minimum atomic E-state index is 0.889. The lowest BCUT2D eigenvalue weighted by Gasteiger charge is -2.40. The predicted octanol–water partition coefficient (Wildman–Crippen LogP) is 21.3. The smallest absolute Gasteiger partial charge is 0.141 e. The fourth-order valence-electron chi connectivity index (χ4n) is 21.2. The van der Waals surface area contributed by atoms with E-state index in [0.29, 0.717) is 0 Å². The van der Waals surface area contributed by atoms with E-state index in [1.165, 1.54) is 229 Å². The molecule has 12 aliphatic rings. The first-order valence-corrected chi connectivity index (χ1v) is 39.2. The number of aromatic nitrogens is 8. The Hall–Kier alpha value is -13.8. The fraction of sp³-hybridized carbons (Fsp3) is 0.120. The molecule has 12 nitrogen and oxygen atoms in total. The molecule has 16 heterocycles. The molecule has 16 aromatic rings. The van der Waals surface area contributed by atoms with Crippen molar-refractivity contribution in [2.24, 2.45) is 0 Å². The SMILES string of the molecule is c1ccc2c(c1)Cc1c-2cc2c3c1Cc1cccnc1N3c1ccncc1C2.c1ccc2c(c1)Cc1c-2cc2c3c1Cc1ccncc1N3c1ccncc1C2.c1ccc2c(c1)Cc1c-2cc2c3c1Cc1cnccc1N3c1ccncc1C2.c1ccc2c(c1)Cc1c-2cc2c3c1Cc1ncccc1N3c1cccnc1C2. The zero-order chi connectivity index (χ0) is 73.0. The Balaban J connectivity index is 0.0000000847. The van der Waals surface area contributed by atoms with Crippen molar-refractivity contribution in [1.29, 1.82) is 0 Å². The molecule has 8 aliphatic heterocycles. The van der Waals surface area contributed by atoms with E-state index in [-0.39, 0.29) is 0 Å². The van der Waals surface area contributed by atoms with Crippen molar-refractivity contribution in [3.8, 4) is 44.5 Å². The lowest BCUT2D eigenvalue weighted by atomic mass is 9.83. The Morgan fingerprint density at radius 2 is 0.509 bits per heavy atom. The number of benzene rings is 8. The molecule has 0 radical (unpaired) electrons. The summed E-state index contributed by atoms with van der Waals surface area (Å²) in [5.74, 6) is 1.07. The Morgan fingerprint density at radius 3 is 0.982 bits per heavy atom. The van der Waals surface area contributed by atoms with Gasteiger partial charge in [-0.15, -0.1) is 0 Å². The van der Waals surface area contributed by atoms with Crippen LogP contribution in [0.25, 0.3) is 44.5 Å². The summed E-state index contributed by atoms with van der Waals surface area (Å²) in [5.41, 5.74) is 58.7. The van der Waals surface area contributed by atoms with Gasteiger partial charge in [-0.1, -0.05) is 103 Å². The molecule has 0 atom stereocenters. The highest BCUT2D eigenvalue weighted by molar-refractivity contribution is 5.99. The molecule has 0 spiro atoms. The van der Waals surface area contributed by atoms with E-state index in [0.717, 1.165) is 94.3 Å². The van der Waals surface area contributed by atoms with Crippen LogP contribution in [-0.4, -0.2) is 39.9 Å². The summed E-state index contributed by atoms with van der Waals surface area (Å²) in [4.78, 5) is 46.0. The standard InChI is InChI=1S/4C25H17N3/c1-2-6-17-15(5-1)11-19-18(17)12-16-13-21-23(7-3-9-26-21)28-24-8-4-10-27-22(24)14-20(19)25(16)28;1-2-6-19-15(4-1)11-21-20(19)13-17-10-18-14-26-9-7-23(18)28-24(17)22(21)12-16-5-3-8-27-25(16)28;1-2-4-19-15(3-1)10-21-20(19)11-16-9-17-13-26-7-5-23(17)28-24-6-8-27-14-18(24)12-22(21)25(16)28;1-2-4-19-15(3-1)10-21-20(19)12-17-9-18-13-26-8-6-23(18)28-24-14-27-7-5-16(24)11-22(21)25(17)28/h1-10,12H,11,13-14H2;1-9,13-14H,10-12H2;1-8,11,13-14H,9-10,12H2;1-8,12-14H,9-11H2. The molecular weight excluding hydrogens is 1370 g/mol. The van der Waals surface area contributed by atoms with E-state index < -0.39 is 0 Å². The van der Waals surface area contributed by atoms with Gasteiger partial charge in [-0.05, 0) is 278 Å². The van der Waals surface area contributed by atoms with Gasteiger partial charge in [0.05, 0.1) is 80.1 Å². The maximum Gasteiger partial charge on any atom is 0.141 e. The summed E-state index contributed by atoms with van der Waals surface area (Å²) in [6.45, 7) is 0. The van der Waals surface area contributed by atoms with Crippen molar-refractivity contribution in [3.05, 3.63) is 402 Å². The average Bonchev–Trinajstić information content (AvgIpc) is 1.36. The fourth-order valence-corrected chi connectivity index (χ4v) is 21.2. The Morgan fingerprint density at radius 1 is 0.188 bits per heavy atom. The number of anilines is 12. The van der Waals surface area contributed by atoms with E-state index in [9.17, 15) is 0 Å². The predicted molar refractivity (Wildman–Crippen MR) is 442 cm³/mol. The van der Waals surface area contributed by atoms with E-state index in [4.69, 9.17) is 15.0 Å². The number of rotatable bonds is 0. The van der Waals surface area contributed by atoms with Gasteiger partial charge in [0.2, 0.25) is 0 Å². The second kappa shape index (κ2) is 23.8. The molecule has 8 aromatic heterocycles. The average molecular weight is 1440 g/mol. The topological polar surface area (TPSA) is 116 Å². The van der Waals surface area contributed by atoms with Crippen LogP contribution in [0.5, 0.6) is 0 Å². The molecule has 4 aliphatic carbocycles. The molecule has 0 N–H and O–H groups in total. The number of nitrogens with zero attached hydrogens (tertiary/aromatic N) is 12. The van der Waals surface area contributed by atoms with Crippen molar-refractivity contribution >= 4 is 68.4 Å². The molecule has 8 aromatic carbocycles. The van der Waals surface area contributed by atoms with Crippen molar-refractivity contribution < 1.29 is 0 Å². The van der Waals surface area contributed by atoms with Crippen molar-refractivity contribution in [2.45, 2.75) is 77.0 Å². The maximum atomic E-state index is 4.78. The third-order valence-corrected chi connectivity index (χ3v) is 25.8. The molecule has 0 amide bonds. The van der Waals surface area contributed by atoms with Crippen LogP contribution < -0.4 is 19.6 Å². The Kier molecular flexibility index (Phi) is 13.2. The highest BCUT2D eigenvalue weighted by Crippen LogP contribution is 2.60. The van der Waals surface area contributed by atoms with Gasteiger partial charge in [-0.2, -0.15) is 0 Å². The quantitative estimate of drug-likeness (QED) is 0.144. The lowest BCUT2D eigenvalue weighted by Crippen LogP contribution is -2.26. The second-order valence-corrected chi connectivity index (χ2v) is 31.6. The molecule has 0 unspecified atom stereocenters. The molecule has 0 saturated carbocycles. The van der Waals surface area contributed by atoms with Gasteiger partial charge in [0.25, 0.3) is 0 Å². The maximum absolute atomic E-state index is 4.78. The molecule has 0 saturated heterocycles. The summed E-state index contributed by atoms with van der Waals surface area (Å²) in [7, 11) is 0. The van der Waals surface area contributed by atoms with Crippen molar-refractivity contribution in [2.75, 3.05) is 19.6 Å². The van der Waals surface area contributed by atoms with Gasteiger partial charge < -0.3 is 14.7 Å². The van der Waals surface area contributed by atoms with Crippen LogP contribution in [0, 0.1) is 0 Å². The summed E-state index contributed by atoms with van der Waals surface area (Å²) < 4.78 is 0. The zero-order valence-electron chi connectivity index (χ0n) is 61.3. The number of hydrogen-bond acceptors (Lipinski definition) is 12. The first-order valence-electron chi connectivity index (χ1n) is 39.2. The summed E-state index contributed by atoms with van der Waals surface area (Å²) >= 11 is 0. The summed E-state index contributed by atoms with van der Waals surface area (Å²) in [6, 6.07) is 68.6. The van der Waals surface area contributed by atoms with Gasteiger partial charge >= 0.3 is 0 Å². The molecule has 28 rings (SSSR count).